The molecule has 39 heavy (non-hydrogen) atoms. The summed E-state index contributed by atoms with van der Waals surface area (Å²) < 4.78 is 124. The Labute approximate surface area is 212 Å². The molecule has 0 spiro atoms. The number of alkyl carbamates (subject to hydrolysis) is 1. The van der Waals surface area contributed by atoms with Gasteiger partial charge in [-0.2, -0.15) is 39.5 Å². The number of alkyl halides is 9. The standard InChI is InChI=1S/C23H16F9NO6/c24-20(25,22(28,29)30)21(26,27)23(31,32)39-17(34)9-16(18(35)36)33-19(37)38-10-15-13-7-3-1-5-11(13)12-6-2-4-8-14(12)15/h1-8,15-16H,9-10H2,(H,33,37)(H,35,36)/t16-/m0/s1. The molecule has 212 valence electrons. The summed E-state index contributed by atoms with van der Waals surface area (Å²) in [5.74, 6) is -19.8. The Morgan fingerprint density at radius 3 is 1.77 bits per heavy atom. The first-order valence-corrected chi connectivity index (χ1v) is 10.7. The van der Waals surface area contributed by atoms with Crippen LogP contribution in [0.4, 0.5) is 44.3 Å². The first kappa shape index (κ1) is 29.6. The number of rotatable bonds is 9. The van der Waals surface area contributed by atoms with Gasteiger partial charge in [0.05, 0.1) is 6.42 Å². The second-order valence-electron chi connectivity index (χ2n) is 8.20. The fourth-order valence-electron chi connectivity index (χ4n) is 3.76. The van der Waals surface area contributed by atoms with Crippen molar-refractivity contribution in [3.05, 3.63) is 59.7 Å². The van der Waals surface area contributed by atoms with E-state index in [1.54, 1.807) is 41.7 Å². The van der Waals surface area contributed by atoms with Crippen molar-refractivity contribution in [2.75, 3.05) is 6.61 Å². The monoisotopic (exact) mass is 573 g/mol. The summed E-state index contributed by atoms with van der Waals surface area (Å²) in [5.41, 5.74) is 3.18. The van der Waals surface area contributed by atoms with Gasteiger partial charge in [-0.15, -0.1) is 0 Å². The molecule has 2 aromatic carbocycles. The van der Waals surface area contributed by atoms with Crippen molar-refractivity contribution >= 4 is 18.0 Å². The minimum atomic E-state index is -7.32. The van der Waals surface area contributed by atoms with Crippen LogP contribution >= 0.6 is 0 Å². The summed E-state index contributed by atoms with van der Waals surface area (Å²) >= 11 is 0. The largest absolute Gasteiger partial charge is 0.480 e. The lowest BCUT2D eigenvalue weighted by molar-refractivity contribution is -0.435. The molecule has 2 aromatic rings. The highest BCUT2D eigenvalue weighted by Gasteiger charge is 2.84. The zero-order chi connectivity index (χ0) is 29.4. The van der Waals surface area contributed by atoms with E-state index in [4.69, 9.17) is 9.84 Å². The maximum absolute atomic E-state index is 13.5. The Kier molecular flexibility index (Phi) is 7.81. The van der Waals surface area contributed by atoms with Crippen LogP contribution in [0.3, 0.4) is 0 Å². The molecular weight excluding hydrogens is 557 g/mol. The number of ether oxygens (including phenoxy) is 2. The number of carbonyl (C=O) groups is 3. The number of esters is 1. The molecular formula is C23H16F9NO6. The van der Waals surface area contributed by atoms with Crippen LogP contribution in [0.25, 0.3) is 11.1 Å². The predicted molar refractivity (Wildman–Crippen MR) is 111 cm³/mol. The maximum atomic E-state index is 13.5. The molecule has 1 amide bonds. The second-order valence-corrected chi connectivity index (χ2v) is 8.20. The van der Waals surface area contributed by atoms with E-state index < -0.39 is 60.5 Å². The van der Waals surface area contributed by atoms with E-state index >= 15 is 0 Å². The molecule has 3 rings (SSSR count). The number of carboxylic acids is 1. The number of hydrogen-bond donors (Lipinski definition) is 2. The lowest BCUT2D eigenvalue weighted by atomic mass is 9.98. The summed E-state index contributed by atoms with van der Waals surface area (Å²) in [6.45, 7) is -0.368. The molecule has 0 aromatic heterocycles. The Morgan fingerprint density at radius 2 is 1.31 bits per heavy atom. The number of nitrogens with one attached hydrogen (secondary N) is 1. The van der Waals surface area contributed by atoms with E-state index in [0.29, 0.717) is 0 Å². The number of carboxylic acid groups (broad SMARTS) is 1. The molecule has 0 saturated carbocycles. The third kappa shape index (κ3) is 5.59. The van der Waals surface area contributed by atoms with E-state index in [0.717, 1.165) is 22.3 Å². The molecule has 1 atom stereocenters. The van der Waals surface area contributed by atoms with Crippen molar-refractivity contribution in [2.24, 2.45) is 0 Å². The molecule has 0 unspecified atom stereocenters. The van der Waals surface area contributed by atoms with Crippen molar-refractivity contribution in [1.29, 1.82) is 0 Å². The van der Waals surface area contributed by atoms with E-state index in [2.05, 4.69) is 4.74 Å². The summed E-state index contributed by atoms with van der Waals surface area (Å²) in [6, 6.07) is 11.6. The predicted octanol–water partition coefficient (Wildman–Crippen LogP) is 5.34. The van der Waals surface area contributed by atoms with Crippen LogP contribution in [0.1, 0.15) is 23.5 Å². The maximum Gasteiger partial charge on any atom is 0.473 e. The SMILES string of the molecule is O=C(C[C@H](NC(=O)OCC1c2ccccc2-c2ccccc21)C(=O)O)OC(F)(F)C(F)(F)C(F)(F)C(F)(F)F. The van der Waals surface area contributed by atoms with Crippen LogP contribution in [0.15, 0.2) is 48.5 Å². The first-order valence-electron chi connectivity index (χ1n) is 10.7. The number of aliphatic carboxylic acids is 1. The van der Waals surface area contributed by atoms with Gasteiger partial charge >= 0.3 is 42.2 Å². The molecule has 0 aliphatic heterocycles. The second kappa shape index (κ2) is 10.3. The Hall–Kier alpha value is -3.98. The fraction of sp³-hybridized carbons (Fsp3) is 0.348. The molecule has 0 heterocycles. The zero-order valence-corrected chi connectivity index (χ0v) is 19.1. The molecule has 0 radical (unpaired) electrons. The lowest BCUT2D eigenvalue weighted by Gasteiger charge is -2.32. The van der Waals surface area contributed by atoms with Crippen LogP contribution in [0.5, 0.6) is 0 Å². The first-order chi connectivity index (χ1) is 17.9. The van der Waals surface area contributed by atoms with E-state index in [9.17, 15) is 53.9 Å². The number of benzene rings is 2. The van der Waals surface area contributed by atoms with Gasteiger partial charge in [0, 0.05) is 5.92 Å². The lowest BCUT2D eigenvalue weighted by Crippen LogP contribution is -2.62. The van der Waals surface area contributed by atoms with Crippen LogP contribution in [-0.2, 0) is 19.1 Å². The molecule has 0 fully saturated rings. The van der Waals surface area contributed by atoms with Gasteiger partial charge in [-0.1, -0.05) is 48.5 Å². The van der Waals surface area contributed by atoms with Gasteiger partial charge < -0.3 is 19.9 Å². The molecule has 1 aliphatic carbocycles. The van der Waals surface area contributed by atoms with Gasteiger partial charge in [0.2, 0.25) is 0 Å². The molecule has 1 aliphatic rings. The smallest absolute Gasteiger partial charge is 0.473 e. The van der Waals surface area contributed by atoms with Crippen LogP contribution < -0.4 is 5.32 Å². The third-order valence-electron chi connectivity index (χ3n) is 5.66. The minimum Gasteiger partial charge on any atom is -0.480 e. The summed E-state index contributed by atoms with van der Waals surface area (Å²) in [6.07, 6.45) is -17.2. The molecule has 2 N–H and O–H groups in total. The number of fused-ring (bicyclic) bond motifs is 3. The third-order valence-corrected chi connectivity index (χ3v) is 5.66. The van der Waals surface area contributed by atoms with Crippen molar-refractivity contribution in [2.45, 2.75) is 42.5 Å². The fourth-order valence-corrected chi connectivity index (χ4v) is 3.76. The van der Waals surface area contributed by atoms with Gasteiger partial charge in [0.25, 0.3) is 0 Å². The number of amides is 1. The highest BCUT2D eigenvalue weighted by molar-refractivity contribution is 5.85. The Bertz CT molecular complexity index is 1220. The van der Waals surface area contributed by atoms with E-state index in [1.807, 2.05) is 12.1 Å². The van der Waals surface area contributed by atoms with E-state index in [-0.39, 0.29) is 6.61 Å². The van der Waals surface area contributed by atoms with Crippen molar-refractivity contribution < 1.29 is 68.5 Å². The summed E-state index contributed by atoms with van der Waals surface area (Å²) in [4.78, 5) is 35.1. The van der Waals surface area contributed by atoms with Gasteiger partial charge in [-0.3, -0.25) is 4.79 Å². The average molecular weight is 573 g/mol. The van der Waals surface area contributed by atoms with Gasteiger partial charge in [-0.25, -0.2) is 9.59 Å². The summed E-state index contributed by atoms with van der Waals surface area (Å²) in [5, 5.41) is 10.7. The van der Waals surface area contributed by atoms with Gasteiger partial charge in [0.1, 0.15) is 12.6 Å². The van der Waals surface area contributed by atoms with E-state index in [1.165, 1.54) is 0 Å². The minimum absolute atomic E-state index is 0.368. The zero-order valence-electron chi connectivity index (χ0n) is 19.1. The number of carbonyl (C=O) groups excluding carboxylic acids is 2. The topological polar surface area (TPSA) is 102 Å². The molecule has 0 saturated heterocycles. The van der Waals surface area contributed by atoms with Crippen LogP contribution in [0, 0.1) is 0 Å². The van der Waals surface area contributed by atoms with Crippen molar-refractivity contribution in [3.8, 4) is 11.1 Å². The Morgan fingerprint density at radius 1 is 0.821 bits per heavy atom. The van der Waals surface area contributed by atoms with Crippen LogP contribution in [0.2, 0.25) is 0 Å². The Balaban J connectivity index is 1.65. The number of hydrogen-bond acceptors (Lipinski definition) is 5. The summed E-state index contributed by atoms with van der Waals surface area (Å²) in [7, 11) is 0. The average Bonchev–Trinajstić information content (AvgIpc) is 3.14. The highest BCUT2D eigenvalue weighted by Crippen LogP contribution is 2.53. The van der Waals surface area contributed by atoms with Crippen LogP contribution in [-0.4, -0.2) is 59.9 Å². The molecule has 7 nitrogen and oxygen atoms in total. The van der Waals surface area contributed by atoms with Gasteiger partial charge in [0.15, 0.2) is 0 Å². The highest BCUT2D eigenvalue weighted by atomic mass is 19.4. The molecule has 16 heteroatoms. The molecule has 0 bridgehead atoms. The normalized spacial score (nSPS) is 14.7. The van der Waals surface area contributed by atoms with Gasteiger partial charge in [-0.05, 0) is 22.3 Å². The van der Waals surface area contributed by atoms with Crippen molar-refractivity contribution in [1.82, 2.24) is 5.32 Å². The van der Waals surface area contributed by atoms with Crippen molar-refractivity contribution in [3.63, 3.8) is 0 Å². The quantitative estimate of drug-likeness (QED) is 0.311. The number of halogens is 9.